The predicted octanol–water partition coefficient (Wildman–Crippen LogP) is 3.53. The van der Waals surface area contributed by atoms with E-state index >= 15 is 0 Å². The van der Waals surface area contributed by atoms with Gasteiger partial charge >= 0.3 is 0 Å². The van der Waals surface area contributed by atoms with Crippen molar-refractivity contribution >= 4 is 22.8 Å². The number of allylic oxidation sites excluding steroid dienone is 1. The molecule has 0 saturated carbocycles. The van der Waals surface area contributed by atoms with Crippen molar-refractivity contribution in [3.8, 4) is 0 Å². The van der Waals surface area contributed by atoms with E-state index in [2.05, 4.69) is 9.97 Å². The third kappa shape index (κ3) is 2.47. The van der Waals surface area contributed by atoms with Crippen LogP contribution in [0.2, 0.25) is 0 Å². The van der Waals surface area contributed by atoms with Crippen molar-refractivity contribution < 1.29 is 4.79 Å². The molecule has 1 aromatic carbocycles. The van der Waals surface area contributed by atoms with Crippen LogP contribution in [-0.4, -0.2) is 15.8 Å². The number of aromatic nitrogens is 2. The fraction of sp³-hybridized carbons (Fsp3) is 0. The molecule has 2 aromatic heterocycles. The van der Waals surface area contributed by atoms with Crippen LogP contribution in [0.3, 0.4) is 0 Å². The second kappa shape index (κ2) is 5.45. The zero-order valence-corrected chi connectivity index (χ0v) is 10.7. The Balaban J connectivity index is 1.94. The molecule has 0 aliphatic carbocycles. The summed E-state index contributed by atoms with van der Waals surface area (Å²) in [5.74, 6) is -0.0340. The molecular weight excluding hydrogens is 248 g/mol. The summed E-state index contributed by atoms with van der Waals surface area (Å²) in [6.07, 6.45) is 8.38. The Morgan fingerprint density at radius 3 is 2.60 bits per heavy atom. The number of benzene rings is 1. The van der Waals surface area contributed by atoms with Crippen molar-refractivity contribution in [3.05, 3.63) is 78.3 Å². The number of fused-ring (bicyclic) bond motifs is 1. The number of hydrogen-bond acceptors (Lipinski definition) is 3. The fourth-order valence-corrected chi connectivity index (χ4v) is 2.04. The molecule has 3 rings (SSSR count). The van der Waals surface area contributed by atoms with E-state index < -0.39 is 0 Å². The monoisotopic (exact) mass is 260 g/mol. The Bertz CT molecular complexity index is 774. The first-order valence-electron chi connectivity index (χ1n) is 6.31. The van der Waals surface area contributed by atoms with Gasteiger partial charge in [-0.15, -0.1) is 0 Å². The van der Waals surface area contributed by atoms with Crippen LogP contribution in [0.5, 0.6) is 0 Å². The molecule has 0 spiro atoms. The molecule has 96 valence electrons. The van der Waals surface area contributed by atoms with Gasteiger partial charge in [-0.25, -0.2) is 0 Å². The van der Waals surface area contributed by atoms with Gasteiger partial charge in [0.1, 0.15) is 0 Å². The van der Waals surface area contributed by atoms with E-state index in [1.807, 2.05) is 36.4 Å². The van der Waals surface area contributed by atoms with Gasteiger partial charge in [0.15, 0.2) is 5.78 Å². The molecule has 0 amide bonds. The third-order valence-corrected chi connectivity index (χ3v) is 3.06. The number of nitrogens with zero attached hydrogens (tertiary/aromatic N) is 2. The molecule has 0 fully saturated rings. The summed E-state index contributed by atoms with van der Waals surface area (Å²) in [6, 6.07) is 13.2. The van der Waals surface area contributed by atoms with Crippen molar-refractivity contribution in [3.63, 3.8) is 0 Å². The normalized spacial score (nSPS) is 11.0. The molecule has 3 nitrogen and oxygen atoms in total. The van der Waals surface area contributed by atoms with Crippen LogP contribution >= 0.6 is 0 Å². The topological polar surface area (TPSA) is 42.9 Å². The minimum Gasteiger partial charge on any atom is -0.289 e. The molecule has 0 aliphatic rings. The van der Waals surface area contributed by atoms with Gasteiger partial charge in [0, 0.05) is 29.5 Å². The average Bonchev–Trinajstić information content (AvgIpc) is 2.53. The maximum Gasteiger partial charge on any atom is 0.185 e. The van der Waals surface area contributed by atoms with Gasteiger partial charge in [0.25, 0.3) is 0 Å². The first-order valence-corrected chi connectivity index (χ1v) is 6.31. The van der Waals surface area contributed by atoms with Crippen LogP contribution in [0.1, 0.15) is 15.9 Å². The van der Waals surface area contributed by atoms with E-state index in [1.54, 1.807) is 36.8 Å². The highest BCUT2D eigenvalue weighted by Crippen LogP contribution is 2.17. The van der Waals surface area contributed by atoms with Crippen molar-refractivity contribution in [1.82, 2.24) is 9.97 Å². The van der Waals surface area contributed by atoms with Crippen LogP contribution in [0.15, 0.2) is 67.1 Å². The van der Waals surface area contributed by atoms with E-state index in [4.69, 9.17) is 0 Å². The number of hydrogen-bond donors (Lipinski definition) is 0. The minimum atomic E-state index is -0.0340. The number of carbonyl (C=O) groups excluding carboxylic acids is 1. The molecule has 3 heteroatoms. The van der Waals surface area contributed by atoms with Crippen LogP contribution in [-0.2, 0) is 0 Å². The van der Waals surface area contributed by atoms with Gasteiger partial charge in [-0.2, -0.15) is 0 Å². The first-order chi connectivity index (χ1) is 9.84. The van der Waals surface area contributed by atoms with Gasteiger partial charge < -0.3 is 0 Å². The van der Waals surface area contributed by atoms with Crippen molar-refractivity contribution in [2.24, 2.45) is 0 Å². The quantitative estimate of drug-likeness (QED) is 0.534. The van der Waals surface area contributed by atoms with Gasteiger partial charge in [-0.05, 0) is 35.9 Å². The molecule has 0 atom stereocenters. The summed E-state index contributed by atoms with van der Waals surface area (Å²) >= 11 is 0. The molecule has 20 heavy (non-hydrogen) atoms. The van der Waals surface area contributed by atoms with Gasteiger partial charge in [0.2, 0.25) is 0 Å². The Labute approximate surface area is 116 Å². The Morgan fingerprint density at radius 1 is 0.950 bits per heavy atom. The van der Waals surface area contributed by atoms with Crippen LogP contribution < -0.4 is 0 Å². The summed E-state index contributed by atoms with van der Waals surface area (Å²) in [5, 5.41) is 1.04. The lowest BCUT2D eigenvalue weighted by molar-refractivity contribution is 0.104. The number of pyridine rings is 2. The minimum absolute atomic E-state index is 0.0340. The Hall–Kier alpha value is -2.81. The first kappa shape index (κ1) is 12.2. The summed E-state index contributed by atoms with van der Waals surface area (Å²) in [7, 11) is 0. The van der Waals surface area contributed by atoms with E-state index in [1.165, 1.54) is 0 Å². The molecule has 0 unspecified atom stereocenters. The lowest BCUT2D eigenvalue weighted by Gasteiger charge is -2.00. The largest absolute Gasteiger partial charge is 0.289 e. The molecule has 2 heterocycles. The second-order valence-electron chi connectivity index (χ2n) is 4.35. The Morgan fingerprint density at radius 2 is 1.75 bits per heavy atom. The lowest BCUT2D eigenvalue weighted by atomic mass is 10.1. The van der Waals surface area contributed by atoms with Crippen molar-refractivity contribution in [2.75, 3.05) is 0 Å². The highest BCUT2D eigenvalue weighted by Gasteiger charge is 2.01. The lowest BCUT2D eigenvalue weighted by Crippen LogP contribution is -1.93. The summed E-state index contributed by atoms with van der Waals surface area (Å²) in [6.45, 7) is 0. The molecule has 0 N–H and O–H groups in total. The number of para-hydroxylation sites is 1. The van der Waals surface area contributed by atoms with Crippen LogP contribution in [0.4, 0.5) is 0 Å². The van der Waals surface area contributed by atoms with E-state index in [0.717, 1.165) is 16.5 Å². The van der Waals surface area contributed by atoms with E-state index in [0.29, 0.717) is 5.56 Å². The molecule has 0 saturated heterocycles. The van der Waals surface area contributed by atoms with Gasteiger partial charge in [-0.3, -0.25) is 14.8 Å². The van der Waals surface area contributed by atoms with Crippen molar-refractivity contribution in [2.45, 2.75) is 0 Å². The van der Waals surface area contributed by atoms with E-state index in [-0.39, 0.29) is 5.78 Å². The van der Waals surface area contributed by atoms with Gasteiger partial charge in [-0.1, -0.05) is 24.3 Å². The van der Waals surface area contributed by atoms with Crippen LogP contribution in [0.25, 0.3) is 17.0 Å². The van der Waals surface area contributed by atoms with E-state index in [9.17, 15) is 4.79 Å². The molecule has 0 bridgehead atoms. The second-order valence-corrected chi connectivity index (χ2v) is 4.35. The number of rotatable bonds is 3. The zero-order chi connectivity index (χ0) is 13.8. The van der Waals surface area contributed by atoms with Crippen molar-refractivity contribution in [1.29, 1.82) is 0 Å². The fourth-order valence-electron chi connectivity index (χ4n) is 2.04. The zero-order valence-electron chi connectivity index (χ0n) is 10.7. The number of ketones is 1. The number of carbonyl (C=O) groups is 1. The summed E-state index contributed by atoms with van der Waals surface area (Å²) < 4.78 is 0. The predicted molar refractivity (Wildman–Crippen MR) is 79.3 cm³/mol. The third-order valence-electron chi connectivity index (χ3n) is 3.06. The highest BCUT2D eigenvalue weighted by molar-refractivity contribution is 6.07. The average molecular weight is 260 g/mol. The van der Waals surface area contributed by atoms with Crippen LogP contribution in [0, 0.1) is 0 Å². The van der Waals surface area contributed by atoms with Gasteiger partial charge in [0.05, 0.1) is 5.52 Å². The SMILES string of the molecule is O=C(/C=C/c1ccnc2ccccc12)c1ccncc1. The Kier molecular flexibility index (Phi) is 3.33. The molecular formula is C17H12N2O. The molecule has 0 radical (unpaired) electrons. The summed E-state index contributed by atoms with van der Waals surface area (Å²) in [5.41, 5.74) is 2.54. The standard InChI is InChI=1S/C17H12N2O/c20-17(14-7-10-18-11-8-14)6-5-13-9-12-19-16-4-2-1-3-15(13)16/h1-12H/b6-5+. The molecule has 3 aromatic rings. The highest BCUT2D eigenvalue weighted by atomic mass is 16.1. The maximum atomic E-state index is 12.0. The smallest absolute Gasteiger partial charge is 0.185 e. The maximum absolute atomic E-state index is 12.0. The summed E-state index contributed by atoms with van der Waals surface area (Å²) in [4.78, 5) is 20.2. The molecule has 0 aliphatic heterocycles.